The standard InChI is InChI=1S/C11H15ClN2S/c1-8(14(3)11(15)13-2)9-6-4-5-7-10(9)12/h4-8H,1-3H3,(H,13,15). The molecular weight excluding hydrogens is 228 g/mol. The fourth-order valence-electron chi connectivity index (χ4n) is 1.37. The minimum atomic E-state index is 0.165. The minimum Gasteiger partial charge on any atom is -0.366 e. The van der Waals surface area contributed by atoms with Gasteiger partial charge in [0, 0.05) is 19.1 Å². The highest BCUT2D eigenvalue weighted by molar-refractivity contribution is 7.80. The summed E-state index contributed by atoms with van der Waals surface area (Å²) in [4.78, 5) is 1.98. The molecule has 1 aromatic carbocycles. The van der Waals surface area contributed by atoms with E-state index >= 15 is 0 Å². The first-order valence-corrected chi connectivity index (χ1v) is 5.55. The van der Waals surface area contributed by atoms with E-state index in [2.05, 4.69) is 12.2 Å². The molecular formula is C11H15ClN2S. The molecule has 1 rings (SSSR count). The van der Waals surface area contributed by atoms with Gasteiger partial charge in [0.15, 0.2) is 5.11 Å². The van der Waals surface area contributed by atoms with Crippen LogP contribution in [0.2, 0.25) is 5.02 Å². The lowest BCUT2D eigenvalue weighted by Gasteiger charge is -2.27. The van der Waals surface area contributed by atoms with Crippen LogP contribution in [0.5, 0.6) is 0 Å². The van der Waals surface area contributed by atoms with Crippen LogP contribution >= 0.6 is 23.8 Å². The van der Waals surface area contributed by atoms with Crippen molar-refractivity contribution in [3.8, 4) is 0 Å². The van der Waals surface area contributed by atoms with Crippen molar-refractivity contribution < 1.29 is 0 Å². The first kappa shape index (κ1) is 12.3. The monoisotopic (exact) mass is 242 g/mol. The fourth-order valence-corrected chi connectivity index (χ4v) is 1.83. The van der Waals surface area contributed by atoms with Crippen molar-refractivity contribution in [2.45, 2.75) is 13.0 Å². The van der Waals surface area contributed by atoms with Crippen LogP contribution in [-0.2, 0) is 0 Å². The maximum Gasteiger partial charge on any atom is 0.168 e. The van der Waals surface area contributed by atoms with Crippen LogP contribution in [0, 0.1) is 0 Å². The molecule has 0 aromatic heterocycles. The van der Waals surface area contributed by atoms with Crippen LogP contribution in [0.15, 0.2) is 24.3 Å². The maximum absolute atomic E-state index is 6.12. The highest BCUT2D eigenvalue weighted by Crippen LogP contribution is 2.25. The molecule has 1 N–H and O–H groups in total. The van der Waals surface area contributed by atoms with Gasteiger partial charge in [-0.25, -0.2) is 0 Å². The zero-order valence-corrected chi connectivity index (χ0v) is 10.7. The Morgan fingerprint density at radius 2 is 2.07 bits per heavy atom. The second-order valence-electron chi connectivity index (χ2n) is 3.36. The molecule has 0 amide bonds. The van der Waals surface area contributed by atoms with Gasteiger partial charge in [0.2, 0.25) is 0 Å². The Morgan fingerprint density at radius 1 is 1.47 bits per heavy atom. The van der Waals surface area contributed by atoms with Gasteiger partial charge in [-0.3, -0.25) is 0 Å². The molecule has 15 heavy (non-hydrogen) atoms. The first-order chi connectivity index (χ1) is 7.07. The van der Waals surface area contributed by atoms with Crippen molar-refractivity contribution in [3.63, 3.8) is 0 Å². The van der Waals surface area contributed by atoms with Gasteiger partial charge in [-0.05, 0) is 30.8 Å². The topological polar surface area (TPSA) is 15.3 Å². The third kappa shape index (κ3) is 2.83. The van der Waals surface area contributed by atoms with Gasteiger partial charge < -0.3 is 10.2 Å². The number of benzene rings is 1. The van der Waals surface area contributed by atoms with Gasteiger partial charge in [0.1, 0.15) is 0 Å². The summed E-state index contributed by atoms with van der Waals surface area (Å²) in [7, 11) is 3.77. The molecule has 0 heterocycles. The van der Waals surface area contributed by atoms with Crippen molar-refractivity contribution in [2.24, 2.45) is 0 Å². The van der Waals surface area contributed by atoms with Crippen molar-refractivity contribution in [1.82, 2.24) is 10.2 Å². The molecule has 0 aliphatic heterocycles. The van der Waals surface area contributed by atoms with E-state index in [0.29, 0.717) is 5.11 Å². The summed E-state index contributed by atoms with van der Waals surface area (Å²) in [6.07, 6.45) is 0. The van der Waals surface area contributed by atoms with Crippen LogP contribution in [0.4, 0.5) is 0 Å². The zero-order valence-electron chi connectivity index (χ0n) is 9.12. The molecule has 0 radical (unpaired) electrons. The second-order valence-corrected chi connectivity index (χ2v) is 4.16. The maximum atomic E-state index is 6.12. The normalized spacial score (nSPS) is 12.0. The highest BCUT2D eigenvalue weighted by Gasteiger charge is 2.15. The van der Waals surface area contributed by atoms with E-state index in [1.807, 2.05) is 43.3 Å². The molecule has 0 aliphatic carbocycles. The molecule has 0 saturated carbocycles. The smallest absolute Gasteiger partial charge is 0.168 e. The van der Waals surface area contributed by atoms with E-state index in [4.69, 9.17) is 23.8 Å². The third-order valence-electron chi connectivity index (χ3n) is 2.47. The summed E-state index contributed by atoms with van der Waals surface area (Å²) < 4.78 is 0. The summed E-state index contributed by atoms with van der Waals surface area (Å²) in [5, 5.41) is 4.43. The molecule has 0 spiro atoms. The molecule has 1 aromatic rings. The number of thiocarbonyl (C=S) groups is 1. The predicted molar refractivity (Wildman–Crippen MR) is 69.3 cm³/mol. The molecule has 2 nitrogen and oxygen atoms in total. The molecule has 0 bridgehead atoms. The number of nitrogens with one attached hydrogen (secondary N) is 1. The third-order valence-corrected chi connectivity index (χ3v) is 3.31. The number of hydrogen-bond donors (Lipinski definition) is 1. The van der Waals surface area contributed by atoms with E-state index in [9.17, 15) is 0 Å². The minimum absolute atomic E-state index is 0.165. The fraction of sp³-hybridized carbons (Fsp3) is 0.364. The molecule has 1 unspecified atom stereocenters. The van der Waals surface area contributed by atoms with Gasteiger partial charge in [-0.15, -0.1) is 0 Å². The largest absolute Gasteiger partial charge is 0.366 e. The van der Waals surface area contributed by atoms with Crippen LogP contribution < -0.4 is 5.32 Å². The predicted octanol–water partition coefficient (Wildman–Crippen LogP) is 2.84. The lowest BCUT2D eigenvalue weighted by Crippen LogP contribution is -2.36. The second kappa shape index (κ2) is 5.33. The van der Waals surface area contributed by atoms with Gasteiger partial charge in [0.05, 0.1) is 6.04 Å². The number of rotatable bonds is 2. The Labute approximate surface area is 101 Å². The molecule has 0 saturated heterocycles. The van der Waals surface area contributed by atoms with E-state index in [1.165, 1.54) is 0 Å². The van der Waals surface area contributed by atoms with Crippen LogP contribution in [0.3, 0.4) is 0 Å². The lowest BCUT2D eigenvalue weighted by atomic mass is 10.1. The van der Waals surface area contributed by atoms with E-state index < -0.39 is 0 Å². The van der Waals surface area contributed by atoms with Crippen molar-refractivity contribution >= 4 is 28.9 Å². The molecule has 4 heteroatoms. The first-order valence-electron chi connectivity index (χ1n) is 4.77. The van der Waals surface area contributed by atoms with Crippen LogP contribution in [0.1, 0.15) is 18.5 Å². The summed E-state index contributed by atoms with van der Waals surface area (Å²) in [6.45, 7) is 2.07. The highest BCUT2D eigenvalue weighted by atomic mass is 35.5. The van der Waals surface area contributed by atoms with E-state index in [1.54, 1.807) is 0 Å². The molecule has 1 atom stereocenters. The van der Waals surface area contributed by atoms with Gasteiger partial charge in [-0.1, -0.05) is 29.8 Å². The Morgan fingerprint density at radius 3 is 2.60 bits per heavy atom. The number of hydrogen-bond acceptors (Lipinski definition) is 1. The average Bonchev–Trinajstić information content (AvgIpc) is 2.26. The Hall–Kier alpha value is -0.800. The number of nitrogens with zero attached hydrogens (tertiary/aromatic N) is 1. The summed E-state index contributed by atoms with van der Waals surface area (Å²) >= 11 is 11.3. The van der Waals surface area contributed by atoms with Gasteiger partial charge in [-0.2, -0.15) is 0 Å². The Balaban J connectivity index is 2.89. The SMILES string of the molecule is CNC(=S)N(C)C(C)c1ccccc1Cl. The lowest BCUT2D eigenvalue weighted by molar-refractivity contribution is 0.399. The molecule has 0 fully saturated rings. The van der Waals surface area contributed by atoms with Crippen molar-refractivity contribution in [3.05, 3.63) is 34.9 Å². The van der Waals surface area contributed by atoms with E-state index in [-0.39, 0.29) is 6.04 Å². The van der Waals surface area contributed by atoms with Gasteiger partial charge >= 0.3 is 0 Å². The summed E-state index contributed by atoms with van der Waals surface area (Å²) in [5.41, 5.74) is 1.08. The van der Waals surface area contributed by atoms with Gasteiger partial charge in [0.25, 0.3) is 0 Å². The van der Waals surface area contributed by atoms with Crippen LogP contribution in [0.25, 0.3) is 0 Å². The molecule has 0 aliphatic rings. The van der Waals surface area contributed by atoms with E-state index in [0.717, 1.165) is 10.6 Å². The summed E-state index contributed by atoms with van der Waals surface area (Å²) in [5.74, 6) is 0. The zero-order chi connectivity index (χ0) is 11.4. The Kier molecular flexibility index (Phi) is 4.36. The summed E-state index contributed by atoms with van der Waals surface area (Å²) in [6, 6.07) is 7.98. The quantitative estimate of drug-likeness (QED) is 0.803. The average molecular weight is 243 g/mol. The van der Waals surface area contributed by atoms with Crippen molar-refractivity contribution in [1.29, 1.82) is 0 Å². The molecule has 82 valence electrons. The van der Waals surface area contributed by atoms with Crippen molar-refractivity contribution in [2.75, 3.05) is 14.1 Å². The van der Waals surface area contributed by atoms with Crippen LogP contribution in [-0.4, -0.2) is 24.1 Å². The Bertz CT molecular complexity index is 354. The number of halogens is 1.